The lowest BCUT2D eigenvalue weighted by Crippen LogP contribution is -2.10. The molecule has 0 bridgehead atoms. The Morgan fingerprint density at radius 3 is 1.52 bits per heavy atom. The molecule has 0 saturated heterocycles. The monoisotopic (exact) mass is 408 g/mol. The maximum atomic E-state index is 12.0. The van der Waals surface area contributed by atoms with Crippen molar-refractivity contribution in [2.45, 2.75) is 10.1 Å². The van der Waals surface area contributed by atoms with Crippen LogP contribution in [-0.2, 0) is 19.7 Å². The molecule has 0 atom stereocenters. The van der Waals surface area contributed by atoms with Crippen molar-refractivity contribution in [1.29, 1.82) is 0 Å². The number of aromatic nitrogens is 7. The SMILES string of the molecule is CS(=O)(=O)c1ncncc1-c1nc(N)nc(-c2cncnc2S(C)(=O)=O)n1. The van der Waals surface area contributed by atoms with Gasteiger partial charge in [0.1, 0.15) is 12.7 Å². The fourth-order valence-corrected chi connectivity index (χ4v) is 3.73. The summed E-state index contributed by atoms with van der Waals surface area (Å²) in [6.45, 7) is 0. The number of hydrogen-bond donors (Lipinski definition) is 1. The van der Waals surface area contributed by atoms with Crippen molar-refractivity contribution in [1.82, 2.24) is 34.9 Å². The molecule has 0 spiro atoms. The molecule has 0 aromatic carbocycles. The summed E-state index contributed by atoms with van der Waals surface area (Å²) in [5.74, 6) is -0.537. The molecule has 0 unspecified atom stereocenters. The Bertz CT molecular complexity index is 1150. The van der Waals surface area contributed by atoms with Crippen LogP contribution in [0.2, 0.25) is 0 Å². The zero-order valence-corrected chi connectivity index (χ0v) is 15.6. The van der Waals surface area contributed by atoms with Crippen molar-refractivity contribution in [3.8, 4) is 22.8 Å². The Hall–Kier alpha value is -3.13. The van der Waals surface area contributed by atoms with Gasteiger partial charge in [0.2, 0.25) is 5.95 Å². The molecule has 3 rings (SSSR count). The highest BCUT2D eigenvalue weighted by molar-refractivity contribution is 7.91. The second kappa shape index (κ2) is 6.55. The highest BCUT2D eigenvalue weighted by Crippen LogP contribution is 2.26. The summed E-state index contributed by atoms with van der Waals surface area (Å²) in [7, 11) is -7.43. The molecule has 14 heteroatoms. The van der Waals surface area contributed by atoms with E-state index in [1.54, 1.807) is 0 Å². The fourth-order valence-electron chi connectivity index (χ4n) is 2.17. The summed E-state index contributed by atoms with van der Waals surface area (Å²) >= 11 is 0. The summed E-state index contributed by atoms with van der Waals surface area (Å²) in [6, 6.07) is 0. The highest BCUT2D eigenvalue weighted by Gasteiger charge is 2.23. The van der Waals surface area contributed by atoms with Gasteiger partial charge in [0.05, 0.1) is 11.1 Å². The minimum Gasteiger partial charge on any atom is -0.368 e. The molecule has 3 aromatic rings. The summed E-state index contributed by atoms with van der Waals surface area (Å²) in [4.78, 5) is 27.0. The molecule has 3 heterocycles. The Kier molecular flexibility index (Phi) is 4.52. The van der Waals surface area contributed by atoms with Crippen LogP contribution in [0, 0.1) is 0 Å². The lowest BCUT2D eigenvalue weighted by atomic mass is 10.3. The molecule has 0 amide bonds. The first kappa shape index (κ1) is 18.7. The number of nitrogens with zero attached hydrogens (tertiary/aromatic N) is 7. The van der Waals surface area contributed by atoms with Gasteiger partial charge in [-0.1, -0.05) is 0 Å². The standard InChI is InChI=1S/C13H12N8O4S2/c1-26(22,23)11-7(3-15-5-17-11)9-19-10(21-13(14)20-9)8-4-16-6-18-12(8)27(2,24)25/h3-6H,1-2H3,(H2,14,19,20,21). The summed E-state index contributed by atoms with van der Waals surface area (Å²) in [5.41, 5.74) is 5.70. The number of sulfone groups is 2. The van der Waals surface area contributed by atoms with Crippen LogP contribution in [0.4, 0.5) is 5.95 Å². The zero-order chi connectivity index (χ0) is 19.8. The minimum absolute atomic E-state index is 0.00638. The predicted molar refractivity (Wildman–Crippen MR) is 92.5 cm³/mol. The largest absolute Gasteiger partial charge is 0.368 e. The highest BCUT2D eigenvalue weighted by atomic mass is 32.2. The first-order chi connectivity index (χ1) is 12.6. The van der Waals surface area contributed by atoms with Gasteiger partial charge < -0.3 is 5.73 Å². The molecule has 12 nitrogen and oxygen atoms in total. The van der Waals surface area contributed by atoms with Gasteiger partial charge in [0, 0.05) is 24.9 Å². The van der Waals surface area contributed by atoms with Crippen LogP contribution in [0.25, 0.3) is 22.8 Å². The van der Waals surface area contributed by atoms with Crippen LogP contribution in [0.5, 0.6) is 0 Å². The third-order valence-corrected chi connectivity index (χ3v) is 5.24. The normalized spacial score (nSPS) is 12.1. The van der Waals surface area contributed by atoms with E-state index in [0.29, 0.717) is 0 Å². The average Bonchev–Trinajstić information content (AvgIpc) is 2.60. The quantitative estimate of drug-likeness (QED) is 0.529. The van der Waals surface area contributed by atoms with Gasteiger partial charge >= 0.3 is 0 Å². The van der Waals surface area contributed by atoms with Gasteiger partial charge in [-0.15, -0.1) is 0 Å². The van der Waals surface area contributed by atoms with Crippen LogP contribution in [0.15, 0.2) is 35.1 Å². The molecule has 27 heavy (non-hydrogen) atoms. The topological polar surface area (TPSA) is 185 Å². The van der Waals surface area contributed by atoms with E-state index in [1.807, 2.05) is 0 Å². The third kappa shape index (κ3) is 3.85. The molecule has 140 valence electrons. The zero-order valence-electron chi connectivity index (χ0n) is 14.0. The second-order valence-electron chi connectivity index (χ2n) is 5.37. The Balaban J connectivity index is 2.29. The van der Waals surface area contributed by atoms with E-state index in [9.17, 15) is 16.8 Å². The molecule has 3 aromatic heterocycles. The Labute approximate surface area is 153 Å². The second-order valence-corrected chi connectivity index (χ2v) is 9.23. The van der Waals surface area contributed by atoms with Crippen molar-refractivity contribution in [2.24, 2.45) is 0 Å². The Morgan fingerprint density at radius 1 is 0.741 bits per heavy atom. The van der Waals surface area contributed by atoms with E-state index in [2.05, 4.69) is 34.9 Å². The molecule has 0 aliphatic rings. The van der Waals surface area contributed by atoms with Gasteiger partial charge in [-0.05, 0) is 0 Å². The molecule has 0 saturated carbocycles. The van der Waals surface area contributed by atoms with Crippen LogP contribution < -0.4 is 5.73 Å². The Morgan fingerprint density at radius 2 is 1.15 bits per heavy atom. The van der Waals surface area contributed by atoms with E-state index in [0.717, 1.165) is 25.2 Å². The summed E-state index contributed by atoms with van der Waals surface area (Å²) in [6.07, 6.45) is 6.49. The maximum absolute atomic E-state index is 12.0. The van der Waals surface area contributed by atoms with Crippen molar-refractivity contribution in [3.63, 3.8) is 0 Å². The number of rotatable bonds is 4. The van der Waals surface area contributed by atoms with E-state index < -0.39 is 19.7 Å². The predicted octanol–water partition coefficient (Wildman–Crippen LogP) is -0.825. The van der Waals surface area contributed by atoms with Gasteiger partial charge in [-0.3, -0.25) is 0 Å². The molecule has 0 fully saturated rings. The number of nitrogen functional groups attached to an aromatic ring is 1. The average molecular weight is 408 g/mol. The summed E-state index contributed by atoms with van der Waals surface area (Å²) < 4.78 is 47.8. The van der Waals surface area contributed by atoms with Crippen molar-refractivity contribution in [3.05, 3.63) is 25.0 Å². The summed E-state index contributed by atoms with van der Waals surface area (Å²) in [5, 5.41) is -0.608. The van der Waals surface area contributed by atoms with Crippen LogP contribution in [-0.4, -0.2) is 64.2 Å². The molecule has 0 radical (unpaired) electrons. The minimum atomic E-state index is -3.72. The molecule has 0 aliphatic heterocycles. The van der Waals surface area contributed by atoms with E-state index in [1.165, 1.54) is 12.4 Å². The van der Waals surface area contributed by atoms with Gasteiger partial charge in [-0.25, -0.2) is 41.8 Å². The van der Waals surface area contributed by atoms with Crippen molar-refractivity contribution in [2.75, 3.05) is 18.2 Å². The number of hydrogen-bond acceptors (Lipinski definition) is 12. The molecule has 0 aliphatic carbocycles. The molecule has 2 N–H and O–H groups in total. The lowest BCUT2D eigenvalue weighted by Gasteiger charge is -2.09. The molecular weight excluding hydrogens is 396 g/mol. The smallest absolute Gasteiger partial charge is 0.224 e. The van der Waals surface area contributed by atoms with Gasteiger partial charge in [0.15, 0.2) is 41.4 Å². The van der Waals surface area contributed by atoms with Gasteiger partial charge in [-0.2, -0.15) is 9.97 Å². The van der Waals surface area contributed by atoms with E-state index in [-0.39, 0.29) is 38.8 Å². The third-order valence-electron chi connectivity index (χ3n) is 3.19. The van der Waals surface area contributed by atoms with E-state index >= 15 is 0 Å². The van der Waals surface area contributed by atoms with Crippen LogP contribution in [0.3, 0.4) is 0 Å². The maximum Gasteiger partial charge on any atom is 0.224 e. The van der Waals surface area contributed by atoms with E-state index in [4.69, 9.17) is 5.73 Å². The first-order valence-electron chi connectivity index (χ1n) is 7.10. The fraction of sp³-hybridized carbons (Fsp3) is 0.154. The number of anilines is 1. The van der Waals surface area contributed by atoms with Crippen LogP contribution >= 0.6 is 0 Å². The first-order valence-corrected chi connectivity index (χ1v) is 10.9. The van der Waals surface area contributed by atoms with Crippen LogP contribution in [0.1, 0.15) is 0 Å². The lowest BCUT2D eigenvalue weighted by molar-refractivity contribution is 0.596. The van der Waals surface area contributed by atoms with Gasteiger partial charge in [0.25, 0.3) is 0 Å². The van der Waals surface area contributed by atoms with Crippen molar-refractivity contribution >= 4 is 25.6 Å². The van der Waals surface area contributed by atoms with Crippen molar-refractivity contribution < 1.29 is 16.8 Å². The molecular formula is C13H12N8O4S2. The number of nitrogens with two attached hydrogens (primary N) is 1.